The zero-order valence-electron chi connectivity index (χ0n) is 14.4. The number of carbonyl (C=O) groups is 1. The molecule has 2 aromatic heterocycles. The third kappa shape index (κ3) is 2.78. The first-order chi connectivity index (χ1) is 12.6. The summed E-state index contributed by atoms with van der Waals surface area (Å²) in [6.45, 7) is 4.09. The van der Waals surface area contributed by atoms with Gasteiger partial charge < -0.3 is 13.9 Å². The molecule has 0 radical (unpaired) electrons. The molecule has 26 heavy (non-hydrogen) atoms. The van der Waals surface area contributed by atoms with Crippen LogP contribution in [0.15, 0.2) is 33.3 Å². The Hall–Kier alpha value is -2.67. The lowest BCUT2D eigenvalue weighted by Crippen LogP contribution is -2.31. The maximum Gasteiger partial charge on any atom is 0.260 e. The number of likely N-dealkylation sites (tertiary alicyclic amines) is 1. The van der Waals surface area contributed by atoms with E-state index in [1.165, 1.54) is 0 Å². The smallest absolute Gasteiger partial charge is 0.260 e. The first kappa shape index (κ1) is 16.8. The number of carbonyl (C=O) groups excluding carboxylic acids is 1. The Morgan fingerprint density at radius 2 is 2.04 bits per heavy atom. The van der Waals surface area contributed by atoms with E-state index in [-0.39, 0.29) is 11.9 Å². The van der Waals surface area contributed by atoms with Crippen molar-refractivity contribution < 1.29 is 13.8 Å². The molecule has 0 spiro atoms. The van der Waals surface area contributed by atoms with Crippen LogP contribution >= 0.6 is 11.6 Å². The second kappa shape index (κ2) is 6.57. The van der Waals surface area contributed by atoms with Crippen LogP contribution in [0, 0.1) is 13.8 Å². The van der Waals surface area contributed by atoms with Crippen molar-refractivity contribution in [3.8, 4) is 11.3 Å². The monoisotopic (exact) mass is 372 g/mol. The summed E-state index contributed by atoms with van der Waals surface area (Å²) in [4.78, 5) is 19.4. The minimum Gasteiger partial charge on any atom is -0.360 e. The lowest BCUT2D eigenvalue weighted by molar-refractivity contribution is 0.0709. The molecule has 8 heteroatoms. The predicted molar refractivity (Wildman–Crippen MR) is 93.7 cm³/mol. The number of rotatable bonds is 3. The van der Waals surface area contributed by atoms with Gasteiger partial charge >= 0.3 is 0 Å². The van der Waals surface area contributed by atoms with Gasteiger partial charge in [0.2, 0.25) is 5.89 Å². The maximum absolute atomic E-state index is 13.3. The highest BCUT2D eigenvalue weighted by molar-refractivity contribution is 6.33. The molecule has 0 aliphatic carbocycles. The molecule has 1 aliphatic rings. The van der Waals surface area contributed by atoms with E-state index < -0.39 is 0 Å². The van der Waals surface area contributed by atoms with E-state index >= 15 is 0 Å². The van der Waals surface area contributed by atoms with Crippen LogP contribution in [0.3, 0.4) is 0 Å². The molecule has 3 aromatic rings. The topological polar surface area (TPSA) is 85.3 Å². The van der Waals surface area contributed by atoms with Crippen LogP contribution < -0.4 is 0 Å². The minimum atomic E-state index is -0.239. The van der Waals surface area contributed by atoms with E-state index in [0.29, 0.717) is 45.9 Å². The van der Waals surface area contributed by atoms with E-state index in [0.717, 1.165) is 12.8 Å². The van der Waals surface area contributed by atoms with Crippen LogP contribution in [0.4, 0.5) is 0 Å². The van der Waals surface area contributed by atoms with Crippen LogP contribution in [0.5, 0.6) is 0 Å². The number of hydrogen-bond donors (Lipinski definition) is 0. The van der Waals surface area contributed by atoms with Gasteiger partial charge in [-0.3, -0.25) is 4.79 Å². The quantitative estimate of drug-likeness (QED) is 0.691. The van der Waals surface area contributed by atoms with Crippen molar-refractivity contribution >= 4 is 17.5 Å². The van der Waals surface area contributed by atoms with Crippen molar-refractivity contribution in [1.82, 2.24) is 20.2 Å². The predicted octanol–water partition coefficient (Wildman–Crippen LogP) is 3.97. The Labute approximate surface area is 154 Å². The van der Waals surface area contributed by atoms with Gasteiger partial charge in [0.05, 0.1) is 5.02 Å². The minimum absolute atomic E-state index is 0.169. The van der Waals surface area contributed by atoms with Crippen molar-refractivity contribution in [2.75, 3.05) is 6.54 Å². The number of nitrogens with zero attached hydrogens (tertiary/aromatic N) is 4. The number of aromatic nitrogens is 3. The van der Waals surface area contributed by atoms with Crippen LogP contribution in [0.1, 0.15) is 46.7 Å². The van der Waals surface area contributed by atoms with Gasteiger partial charge in [0, 0.05) is 12.1 Å². The van der Waals surface area contributed by atoms with Crippen LogP contribution in [-0.2, 0) is 0 Å². The molecule has 4 rings (SSSR count). The average Bonchev–Trinajstić information content (AvgIpc) is 3.34. The van der Waals surface area contributed by atoms with Crippen molar-refractivity contribution in [3.05, 3.63) is 52.3 Å². The van der Waals surface area contributed by atoms with Crippen LogP contribution in [-0.4, -0.2) is 32.6 Å². The number of halogens is 1. The second-order valence-corrected chi connectivity index (χ2v) is 6.69. The summed E-state index contributed by atoms with van der Waals surface area (Å²) >= 11 is 6.29. The maximum atomic E-state index is 13.3. The Bertz CT molecular complexity index is 965. The van der Waals surface area contributed by atoms with E-state index in [4.69, 9.17) is 20.6 Å². The fourth-order valence-corrected chi connectivity index (χ4v) is 3.54. The van der Waals surface area contributed by atoms with Gasteiger partial charge in [-0.25, -0.2) is 0 Å². The van der Waals surface area contributed by atoms with Crippen molar-refractivity contribution in [2.24, 2.45) is 0 Å². The van der Waals surface area contributed by atoms with Gasteiger partial charge in [-0.2, -0.15) is 4.98 Å². The number of benzene rings is 1. The lowest BCUT2D eigenvalue weighted by atomic mass is 10.0. The third-order valence-corrected chi connectivity index (χ3v) is 4.88. The molecule has 134 valence electrons. The summed E-state index contributed by atoms with van der Waals surface area (Å²) in [7, 11) is 0. The summed E-state index contributed by atoms with van der Waals surface area (Å²) in [5.41, 5.74) is 1.53. The van der Waals surface area contributed by atoms with Gasteiger partial charge in [0.15, 0.2) is 5.82 Å². The molecule has 1 amide bonds. The molecule has 1 unspecified atom stereocenters. The van der Waals surface area contributed by atoms with E-state index in [1.54, 1.807) is 24.8 Å². The fraction of sp³-hybridized carbons (Fsp3) is 0.333. The Morgan fingerprint density at radius 1 is 1.23 bits per heavy atom. The first-order valence-electron chi connectivity index (χ1n) is 8.38. The lowest BCUT2D eigenvalue weighted by Gasteiger charge is -2.22. The summed E-state index contributed by atoms with van der Waals surface area (Å²) in [6, 6.07) is 7.01. The molecule has 1 aromatic carbocycles. The van der Waals surface area contributed by atoms with Gasteiger partial charge in [-0.15, -0.1) is 0 Å². The van der Waals surface area contributed by atoms with E-state index in [2.05, 4.69) is 15.3 Å². The van der Waals surface area contributed by atoms with E-state index in [1.807, 2.05) is 18.2 Å². The number of aryl methyl sites for hydroxylation is 2. The van der Waals surface area contributed by atoms with Gasteiger partial charge in [-0.1, -0.05) is 40.1 Å². The second-order valence-electron chi connectivity index (χ2n) is 6.28. The van der Waals surface area contributed by atoms with Crippen LogP contribution in [0.25, 0.3) is 11.3 Å². The van der Waals surface area contributed by atoms with Crippen LogP contribution in [0.2, 0.25) is 5.02 Å². The molecule has 7 nitrogen and oxygen atoms in total. The normalized spacial score (nSPS) is 17.0. The van der Waals surface area contributed by atoms with Crippen molar-refractivity contribution in [3.63, 3.8) is 0 Å². The summed E-state index contributed by atoms with van der Waals surface area (Å²) in [5.74, 6) is 1.30. The van der Waals surface area contributed by atoms with Gasteiger partial charge in [0.1, 0.15) is 23.1 Å². The molecule has 1 saturated heterocycles. The zero-order valence-corrected chi connectivity index (χ0v) is 15.2. The molecule has 0 saturated carbocycles. The molecular weight excluding hydrogens is 356 g/mol. The fourth-order valence-electron chi connectivity index (χ4n) is 3.32. The third-order valence-electron chi connectivity index (χ3n) is 4.55. The molecular formula is C18H17ClN4O3. The van der Waals surface area contributed by atoms with Gasteiger partial charge in [-0.05, 0) is 32.8 Å². The molecule has 1 aliphatic heterocycles. The first-order valence-corrected chi connectivity index (χ1v) is 8.76. The standard InChI is InChI=1S/C18H17ClN4O3/c1-10-15(16(22-25-10)12-6-3-4-7-13(12)19)18(24)23-9-5-8-14(23)17-20-11(2)21-26-17/h3-4,6-7,14H,5,8-9H2,1-2H3. The highest BCUT2D eigenvalue weighted by atomic mass is 35.5. The summed E-state index contributed by atoms with van der Waals surface area (Å²) in [6.07, 6.45) is 1.64. The summed E-state index contributed by atoms with van der Waals surface area (Å²) in [5, 5.41) is 8.44. The molecule has 3 heterocycles. The molecule has 1 fully saturated rings. The Kier molecular flexibility index (Phi) is 4.24. The zero-order chi connectivity index (χ0) is 18.3. The molecule has 0 N–H and O–H groups in total. The summed E-state index contributed by atoms with van der Waals surface area (Å²) < 4.78 is 10.6. The van der Waals surface area contributed by atoms with Crippen molar-refractivity contribution in [2.45, 2.75) is 32.7 Å². The Balaban J connectivity index is 1.73. The highest BCUT2D eigenvalue weighted by Gasteiger charge is 2.37. The Morgan fingerprint density at radius 3 is 2.77 bits per heavy atom. The largest absolute Gasteiger partial charge is 0.360 e. The van der Waals surface area contributed by atoms with Crippen molar-refractivity contribution in [1.29, 1.82) is 0 Å². The van der Waals surface area contributed by atoms with E-state index in [9.17, 15) is 4.79 Å². The number of hydrogen-bond acceptors (Lipinski definition) is 6. The SMILES string of the molecule is Cc1noc(C2CCCN2C(=O)c2c(-c3ccccc3Cl)noc2C)n1. The van der Waals surface area contributed by atoms with Gasteiger partial charge in [0.25, 0.3) is 5.91 Å². The molecule has 0 bridgehead atoms. The molecule has 1 atom stereocenters. The number of amides is 1. The highest BCUT2D eigenvalue weighted by Crippen LogP contribution is 2.36. The average molecular weight is 373 g/mol.